The zero-order chi connectivity index (χ0) is 14.3. The molecule has 0 bridgehead atoms. The predicted octanol–water partition coefficient (Wildman–Crippen LogP) is 5.81. The summed E-state index contributed by atoms with van der Waals surface area (Å²) in [4.78, 5) is 0. The molecule has 3 heteroatoms. The van der Waals surface area contributed by atoms with Crippen LogP contribution in [0.5, 0.6) is 0 Å². The van der Waals surface area contributed by atoms with Crippen molar-refractivity contribution in [2.45, 2.75) is 52.0 Å². The number of unbranched alkanes of at least 4 members (excludes halogenated alkanes) is 1. The third-order valence-electron chi connectivity index (χ3n) is 3.81. The van der Waals surface area contributed by atoms with E-state index in [0.29, 0.717) is 6.04 Å². The first-order chi connectivity index (χ1) is 9.12. The van der Waals surface area contributed by atoms with Crippen LogP contribution in [0.1, 0.15) is 57.6 Å². The van der Waals surface area contributed by atoms with E-state index in [1.807, 2.05) is 7.05 Å². The fourth-order valence-electron chi connectivity index (χ4n) is 2.46. The molecule has 0 aliphatic rings. The van der Waals surface area contributed by atoms with Gasteiger partial charge < -0.3 is 5.32 Å². The molecule has 0 aliphatic carbocycles. The smallest absolute Gasteiger partial charge is 0.0542 e. The summed E-state index contributed by atoms with van der Waals surface area (Å²) < 4.78 is 1.12. The Morgan fingerprint density at radius 3 is 2.58 bits per heavy atom. The van der Waals surface area contributed by atoms with Crippen LogP contribution < -0.4 is 5.32 Å². The van der Waals surface area contributed by atoms with Gasteiger partial charge in [-0.15, -0.1) is 0 Å². The van der Waals surface area contributed by atoms with Crippen LogP contribution in [0.4, 0.5) is 0 Å². The SMILES string of the molecule is CCCCC(CC)CC(NC)c1ccc(I)c(Cl)c1. The van der Waals surface area contributed by atoms with E-state index >= 15 is 0 Å². The molecular formula is C16H25ClIN. The first-order valence-corrected chi connectivity index (χ1v) is 8.70. The summed E-state index contributed by atoms with van der Waals surface area (Å²) in [5, 5.41) is 4.31. The van der Waals surface area contributed by atoms with Crippen molar-refractivity contribution < 1.29 is 0 Å². The summed E-state index contributed by atoms with van der Waals surface area (Å²) in [6.07, 6.45) is 6.42. The number of hydrogen-bond acceptors (Lipinski definition) is 1. The average molecular weight is 394 g/mol. The summed E-state index contributed by atoms with van der Waals surface area (Å²) in [6.45, 7) is 4.56. The molecular weight excluding hydrogens is 369 g/mol. The minimum Gasteiger partial charge on any atom is -0.313 e. The Labute approximate surface area is 136 Å². The fourth-order valence-corrected chi connectivity index (χ4v) is 2.99. The van der Waals surface area contributed by atoms with Crippen LogP contribution in [0.25, 0.3) is 0 Å². The van der Waals surface area contributed by atoms with Crippen molar-refractivity contribution in [3.8, 4) is 0 Å². The van der Waals surface area contributed by atoms with Gasteiger partial charge in [-0.25, -0.2) is 0 Å². The lowest BCUT2D eigenvalue weighted by molar-refractivity contribution is 0.365. The van der Waals surface area contributed by atoms with Crippen molar-refractivity contribution in [1.82, 2.24) is 5.32 Å². The van der Waals surface area contributed by atoms with Crippen molar-refractivity contribution in [2.75, 3.05) is 7.05 Å². The normalized spacial score (nSPS) is 14.4. The van der Waals surface area contributed by atoms with Gasteiger partial charge in [-0.2, -0.15) is 0 Å². The van der Waals surface area contributed by atoms with E-state index in [-0.39, 0.29) is 0 Å². The third-order valence-corrected chi connectivity index (χ3v) is 5.38. The lowest BCUT2D eigenvalue weighted by Crippen LogP contribution is -2.20. The van der Waals surface area contributed by atoms with Crippen LogP contribution in [0.15, 0.2) is 18.2 Å². The third kappa shape index (κ3) is 5.60. The highest BCUT2D eigenvalue weighted by Crippen LogP contribution is 2.29. The average Bonchev–Trinajstić information content (AvgIpc) is 2.42. The minimum absolute atomic E-state index is 0.413. The summed E-state index contributed by atoms with van der Waals surface area (Å²) in [7, 11) is 2.04. The topological polar surface area (TPSA) is 12.0 Å². The van der Waals surface area contributed by atoms with Gasteiger partial charge in [-0.1, -0.05) is 57.2 Å². The van der Waals surface area contributed by atoms with E-state index in [2.05, 4.69) is 60.0 Å². The molecule has 0 aromatic heterocycles. The van der Waals surface area contributed by atoms with Crippen LogP contribution in [0, 0.1) is 9.49 Å². The molecule has 0 saturated heterocycles. The van der Waals surface area contributed by atoms with Gasteiger partial charge in [0.25, 0.3) is 0 Å². The van der Waals surface area contributed by atoms with Crippen LogP contribution in [0.3, 0.4) is 0 Å². The first kappa shape index (κ1) is 17.3. The Kier molecular flexibility index (Phi) is 8.35. The van der Waals surface area contributed by atoms with Gasteiger partial charge in [-0.3, -0.25) is 0 Å². The minimum atomic E-state index is 0.413. The summed E-state index contributed by atoms with van der Waals surface area (Å²) in [6, 6.07) is 6.82. The van der Waals surface area contributed by atoms with Crippen molar-refractivity contribution >= 4 is 34.2 Å². The Balaban J connectivity index is 2.72. The van der Waals surface area contributed by atoms with Crippen LogP contribution in [-0.4, -0.2) is 7.05 Å². The van der Waals surface area contributed by atoms with Gasteiger partial charge in [0, 0.05) is 9.61 Å². The quantitative estimate of drug-likeness (QED) is 0.549. The number of nitrogens with one attached hydrogen (secondary N) is 1. The molecule has 19 heavy (non-hydrogen) atoms. The van der Waals surface area contributed by atoms with Crippen LogP contribution in [0.2, 0.25) is 5.02 Å². The summed E-state index contributed by atoms with van der Waals surface area (Å²) in [5.74, 6) is 0.801. The second-order valence-corrected chi connectivity index (χ2v) is 6.74. The molecule has 0 heterocycles. The molecule has 2 atom stereocenters. The second kappa shape index (κ2) is 9.19. The first-order valence-electron chi connectivity index (χ1n) is 7.24. The van der Waals surface area contributed by atoms with Gasteiger partial charge in [0.15, 0.2) is 0 Å². The predicted molar refractivity (Wildman–Crippen MR) is 93.9 cm³/mol. The molecule has 108 valence electrons. The largest absolute Gasteiger partial charge is 0.313 e. The van der Waals surface area contributed by atoms with Gasteiger partial charge in [0.05, 0.1) is 5.02 Å². The maximum atomic E-state index is 6.23. The van der Waals surface area contributed by atoms with Crippen molar-refractivity contribution in [3.63, 3.8) is 0 Å². The van der Waals surface area contributed by atoms with E-state index in [0.717, 1.165) is 14.5 Å². The number of rotatable bonds is 8. The molecule has 0 amide bonds. The second-order valence-electron chi connectivity index (χ2n) is 5.17. The molecule has 2 unspecified atom stereocenters. The van der Waals surface area contributed by atoms with E-state index in [1.54, 1.807) is 0 Å². The van der Waals surface area contributed by atoms with E-state index < -0.39 is 0 Å². The zero-order valence-electron chi connectivity index (χ0n) is 12.2. The van der Waals surface area contributed by atoms with E-state index in [4.69, 9.17) is 11.6 Å². The van der Waals surface area contributed by atoms with Crippen LogP contribution >= 0.6 is 34.2 Å². The molecule has 1 aromatic carbocycles. The number of benzene rings is 1. The standard InChI is InChI=1S/C16H25ClIN/c1-4-6-7-12(5-2)10-16(19-3)13-8-9-15(18)14(17)11-13/h8-9,11-12,16,19H,4-7,10H2,1-3H3. The van der Waals surface area contributed by atoms with Gasteiger partial charge in [0.1, 0.15) is 0 Å². The molecule has 1 aromatic rings. The fraction of sp³-hybridized carbons (Fsp3) is 0.625. The highest BCUT2D eigenvalue weighted by atomic mass is 127. The molecule has 0 aliphatic heterocycles. The number of halogens is 2. The Bertz CT molecular complexity index is 381. The molecule has 0 saturated carbocycles. The maximum absolute atomic E-state index is 6.23. The monoisotopic (exact) mass is 393 g/mol. The highest BCUT2D eigenvalue weighted by molar-refractivity contribution is 14.1. The molecule has 0 fully saturated rings. The summed E-state index contributed by atoms with van der Waals surface area (Å²) >= 11 is 8.51. The van der Waals surface area contributed by atoms with Gasteiger partial charge >= 0.3 is 0 Å². The van der Waals surface area contributed by atoms with E-state index in [1.165, 1.54) is 37.7 Å². The molecule has 0 spiro atoms. The number of hydrogen-bond donors (Lipinski definition) is 1. The lowest BCUT2D eigenvalue weighted by atomic mass is 9.89. The van der Waals surface area contributed by atoms with Crippen LogP contribution in [-0.2, 0) is 0 Å². The Hall–Kier alpha value is 0.200. The Morgan fingerprint density at radius 2 is 2.05 bits per heavy atom. The highest BCUT2D eigenvalue weighted by Gasteiger charge is 2.16. The van der Waals surface area contributed by atoms with Gasteiger partial charge in [-0.05, 0) is 59.7 Å². The molecule has 1 N–H and O–H groups in total. The lowest BCUT2D eigenvalue weighted by Gasteiger charge is -2.23. The Morgan fingerprint density at radius 1 is 1.32 bits per heavy atom. The van der Waals surface area contributed by atoms with Gasteiger partial charge in [0.2, 0.25) is 0 Å². The van der Waals surface area contributed by atoms with E-state index in [9.17, 15) is 0 Å². The van der Waals surface area contributed by atoms with Crippen molar-refractivity contribution in [1.29, 1.82) is 0 Å². The molecule has 1 nitrogen and oxygen atoms in total. The molecule has 0 radical (unpaired) electrons. The van der Waals surface area contributed by atoms with Crippen molar-refractivity contribution in [2.24, 2.45) is 5.92 Å². The molecule has 1 rings (SSSR count). The zero-order valence-corrected chi connectivity index (χ0v) is 15.1. The maximum Gasteiger partial charge on any atom is 0.0542 e. The summed E-state index contributed by atoms with van der Waals surface area (Å²) in [5.41, 5.74) is 1.31. The van der Waals surface area contributed by atoms with Crippen molar-refractivity contribution in [3.05, 3.63) is 32.4 Å².